The Morgan fingerprint density at radius 1 is 0.970 bits per heavy atom. The summed E-state index contributed by atoms with van der Waals surface area (Å²) in [6, 6.07) is 16.0. The van der Waals surface area contributed by atoms with E-state index in [0.717, 1.165) is 11.6 Å². The van der Waals surface area contributed by atoms with Gasteiger partial charge in [-0.25, -0.2) is 9.37 Å². The van der Waals surface area contributed by atoms with Gasteiger partial charge in [-0.15, -0.1) is 0 Å². The molecule has 1 aliphatic heterocycles. The van der Waals surface area contributed by atoms with Crippen molar-refractivity contribution in [2.75, 3.05) is 13.1 Å². The van der Waals surface area contributed by atoms with E-state index in [0.29, 0.717) is 30.6 Å². The monoisotopic (exact) mass is 453 g/mol. The molecule has 0 radical (unpaired) electrons. The van der Waals surface area contributed by atoms with E-state index >= 15 is 0 Å². The molecule has 5 rings (SSSR count). The van der Waals surface area contributed by atoms with Crippen LogP contribution in [-0.4, -0.2) is 33.3 Å². The maximum absolute atomic E-state index is 13.8. The highest BCUT2D eigenvalue weighted by molar-refractivity contribution is 5.93. The molecule has 33 heavy (non-hydrogen) atoms. The van der Waals surface area contributed by atoms with E-state index in [1.54, 1.807) is 47.5 Å². The number of halogens is 4. The Labute approximate surface area is 187 Å². The lowest BCUT2D eigenvalue weighted by molar-refractivity contribution is -0.136. The Morgan fingerprint density at radius 2 is 1.76 bits per heavy atom. The Bertz CT molecular complexity index is 1330. The third-order valence-corrected chi connectivity index (χ3v) is 5.98. The zero-order valence-electron chi connectivity index (χ0n) is 17.4. The van der Waals surface area contributed by atoms with Crippen LogP contribution in [0, 0.1) is 5.82 Å². The molecular weight excluding hydrogens is 434 g/mol. The van der Waals surface area contributed by atoms with Crippen molar-refractivity contribution in [2.24, 2.45) is 0 Å². The maximum atomic E-state index is 13.8. The summed E-state index contributed by atoms with van der Waals surface area (Å²) in [5, 5.41) is 0. The fourth-order valence-electron chi connectivity index (χ4n) is 4.34. The quantitative estimate of drug-likeness (QED) is 0.369. The van der Waals surface area contributed by atoms with E-state index in [2.05, 4.69) is 4.98 Å². The summed E-state index contributed by atoms with van der Waals surface area (Å²) in [6.07, 6.45) is -1.10. The Hall–Kier alpha value is -3.68. The summed E-state index contributed by atoms with van der Waals surface area (Å²) in [5.74, 6) is -0.810. The molecule has 0 N–H and O–H groups in total. The normalized spacial score (nSPS) is 16.5. The minimum atomic E-state index is -4.63. The molecular formula is C25H19F4N3O. The molecule has 1 saturated heterocycles. The Kier molecular flexibility index (Phi) is 5.15. The Balaban J connectivity index is 1.48. The fraction of sp³-hybridized carbons (Fsp3) is 0.200. The smallest absolute Gasteiger partial charge is 0.337 e. The predicted molar refractivity (Wildman–Crippen MR) is 115 cm³/mol. The molecule has 0 saturated carbocycles. The third-order valence-electron chi connectivity index (χ3n) is 5.98. The van der Waals surface area contributed by atoms with Gasteiger partial charge in [0.15, 0.2) is 0 Å². The van der Waals surface area contributed by atoms with Crippen molar-refractivity contribution in [2.45, 2.75) is 18.5 Å². The maximum Gasteiger partial charge on any atom is 0.420 e. The molecule has 4 aromatic rings. The van der Waals surface area contributed by atoms with Gasteiger partial charge < -0.3 is 9.30 Å². The highest BCUT2D eigenvalue weighted by atomic mass is 19.4. The van der Waals surface area contributed by atoms with E-state index in [4.69, 9.17) is 0 Å². The van der Waals surface area contributed by atoms with Crippen molar-refractivity contribution in [1.82, 2.24) is 14.3 Å². The van der Waals surface area contributed by atoms with Gasteiger partial charge in [-0.1, -0.05) is 42.5 Å². The van der Waals surface area contributed by atoms with E-state index in [9.17, 15) is 22.4 Å². The van der Waals surface area contributed by atoms with Crippen molar-refractivity contribution >= 4 is 11.6 Å². The van der Waals surface area contributed by atoms with E-state index in [-0.39, 0.29) is 23.1 Å². The van der Waals surface area contributed by atoms with Gasteiger partial charge in [-0.2, -0.15) is 13.2 Å². The van der Waals surface area contributed by atoms with Gasteiger partial charge in [0.2, 0.25) is 0 Å². The molecule has 1 unspecified atom stereocenters. The molecule has 4 nitrogen and oxygen atoms in total. The molecule has 1 fully saturated rings. The topological polar surface area (TPSA) is 37.6 Å². The number of carbonyl (C=O) groups excluding carboxylic acids is 1. The summed E-state index contributed by atoms with van der Waals surface area (Å²) in [5.41, 5.74) is 0.536. The lowest BCUT2D eigenvalue weighted by Crippen LogP contribution is -2.28. The number of pyridine rings is 1. The number of hydrogen-bond donors (Lipinski definition) is 0. The molecule has 2 aromatic carbocycles. The first-order valence-corrected chi connectivity index (χ1v) is 10.5. The zero-order chi connectivity index (χ0) is 23.2. The van der Waals surface area contributed by atoms with E-state index < -0.39 is 17.6 Å². The predicted octanol–water partition coefficient (Wildman–Crippen LogP) is 5.79. The first-order chi connectivity index (χ1) is 15.8. The highest BCUT2D eigenvalue weighted by Gasteiger charge is 2.36. The van der Waals surface area contributed by atoms with Crippen LogP contribution in [0.25, 0.3) is 16.8 Å². The fourth-order valence-corrected chi connectivity index (χ4v) is 4.34. The van der Waals surface area contributed by atoms with Gasteiger partial charge in [0.25, 0.3) is 5.91 Å². The third kappa shape index (κ3) is 4.08. The van der Waals surface area contributed by atoms with Crippen LogP contribution in [0.5, 0.6) is 0 Å². The molecule has 2 aromatic heterocycles. The number of likely N-dealkylation sites (tertiary alicyclic amines) is 1. The molecule has 1 amide bonds. The standard InChI is InChI=1S/C25H19F4N3O/c26-20-8-4-7-17(11-20)18-9-10-31(13-18)24(33)22-15-32-14-19(16-5-2-1-3-6-16)12-21(23(32)30-22)25(27,28)29/h1-8,11-12,14-15,18H,9-10,13H2. The summed E-state index contributed by atoms with van der Waals surface area (Å²) < 4.78 is 56.3. The molecule has 0 aliphatic carbocycles. The summed E-state index contributed by atoms with van der Waals surface area (Å²) in [6.45, 7) is 0.785. The largest absolute Gasteiger partial charge is 0.420 e. The first-order valence-electron chi connectivity index (χ1n) is 10.5. The number of fused-ring (bicyclic) bond motifs is 1. The lowest BCUT2D eigenvalue weighted by atomic mass is 9.98. The van der Waals surface area contributed by atoms with Crippen LogP contribution in [0.1, 0.15) is 34.0 Å². The van der Waals surface area contributed by atoms with E-state index in [1.807, 2.05) is 6.07 Å². The zero-order valence-corrected chi connectivity index (χ0v) is 17.4. The van der Waals surface area contributed by atoms with Gasteiger partial charge in [0.05, 0.1) is 5.56 Å². The number of nitrogens with zero attached hydrogens (tertiary/aromatic N) is 3. The van der Waals surface area contributed by atoms with Crippen LogP contribution in [-0.2, 0) is 6.18 Å². The number of aromatic nitrogens is 2. The minimum absolute atomic E-state index is 0.0305. The molecule has 3 heterocycles. The number of amides is 1. The Morgan fingerprint density at radius 3 is 2.48 bits per heavy atom. The van der Waals surface area contributed by atoms with Crippen molar-refractivity contribution in [3.8, 4) is 11.1 Å². The summed E-state index contributed by atoms with van der Waals surface area (Å²) in [4.78, 5) is 18.7. The molecule has 8 heteroatoms. The van der Waals surface area contributed by atoms with Crippen molar-refractivity contribution in [3.05, 3.63) is 95.7 Å². The van der Waals surface area contributed by atoms with Gasteiger partial charge >= 0.3 is 6.18 Å². The number of rotatable bonds is 3. The number of benzene rings is 2. The molecule has 168 valence electrons. The number of imidazole rings is 1. The summed E-state index contributed by atoms with van der Waals surface area (Å²) >= 11 is 0. The van der Waals surface area contributed by atoms with Crippen molar-refractivity contribution in [3.63, 3.8) is 0 Å². The van der Waals surface area contributed by atoms with Crippen LogP contribution in [0.4, 0.5) is 17.6 Å². The number of hydrogen-bond acceptors (Lipinski definition) is 2. The van der Waals surface area contributed by atoms with Crippen LogP contribution in [0.3, 0.4) is 0 Å². The molecule has 1 atom stereocenters. The first kappa shape index (κ1) is 21.2. The average Bonchev–Trinajstić information content (AvgIpc) is 3.45. The lowest BCUT2D eigenvalue weighted by Gasteiger charge is -2.15. The molecule has 1 aliphatic rings. The van der Waals surface area contributed by atoms with Gasteiger partial charge in [-0.3, -0.25) is 4.79 Å². The molecule has 0 spiro atoms. The second-order valence-corrected chi connectivity index (χ2v) is 8.16. The van der Waals surface area contributed by atoms with Crippen molar-refractivity contribution in [1.29, 1.82) is 0 Å². The number of alkyl halides is 3. The van der Waals surface area contributed by atoms with Crippen LogP contribution < -0.4 is 0 Å². The average molecular weight is 453 g/mol. The van der Waals surface area contributed by atoms with Crippen LogP contribution in [0.15, 0.2) is 73.1 Å². The van der Waals surface area contributed by atoms with E-state index in [1.165, 1.54) is 22.7 Å². The van der Waals surface area contributed by atoms with Gasteiger partial charge in [-0.05, 0) is 41.3 Å². The van der Waals surface area contributed by atoms with Crippen molar-refractivity contribution < 1.29 is 22.4 Å². The second kappa shape index (κ2) is 8.03. The minimum Gasteiger partial charge on any atom is -0.337 e. The number of carbonyl (C=O) groups is 1. The van der Waals surface area contributed by atoms with Gasteiger partial charge in [0, 0.05) is 31.4 Å². The van der Waals surface area contributed by atoms with Crippen LogP contribution in [0.2, 0.25) is 0 Å². The summed E-state index contributed by atoms with van der Waals surface area (Å²) in [7, 11) is 0. The SMILES string of the molecule is O=C(c1cn2cc(-c3ccccc3)cc(C(F)(F)F)c2n1)N1CCC(c2cccc(F)c2)C1. The molecule has 0 bridgehead atoms. The van der Waals surface area contributed by atoms with Gasteiger partial charge in [0.1, 0.15) is 17.2 Å². The highest BCUT2D eigenvalue weighted by Crippen LogP contribution is 2.36. The van der Waals surface area contributed by atoms with Crippen LogP contribution >= 0.6 is 0 Å². The second-order valence-electron chi connectivity index (χ2n) is 8.16.